The largest absolute Gasteiger partial charge is 0.367 e. The van der Waals surface area contributed by atoms with Crippen LogP contribution in [0.25, 0.3) is 27.6 Å². The minimum atomic E-state index is -0.704. The van der Waals surface area contributed by atoms with Gasteiger partial charge in [0.2, 0.25) is 11.8 Å². The summed E-state index contributed by atoms with van der Waals surface area (Å²) in [5, 5.41) is 13.4. The Labute approximate surface area is 220 Å². The molecule has 0 spiro atoms. The number of hydrogen-bond donors (Lipinski definition) is 0. The summed E-state index contributed by atoms with van der Waals surface area (Å²) in [6.45, 7) is 1.99. The summed E-state index contributed by atoms with van der Waals surface area (Å²) >= 11 is 0. The fourth-order valence-corrected chi connectivity index (χ4v) is 7.14. The topological polar surface area (TPSA) is 70.4 Å². The van der Waals surface area contributed by atoms with Crippen molar-refractivity contribution in [1.29, 1.82) is 5.26 Å². The van der Waals surface area contributed by atoms with E-state index in [-0.39, 0.29) is 11.8 Å². The van der Waals surface area contributed by atoms with Crippen molar-refractivity contribution in [3.8, 4) is 6.07 Å². The third-order valence-corrected chi connectivity index (χ3v) is 8.86. The lowest BCUT2D eigenvalue weighted by molar-refractivity contribution is -0.130. The van der Waals surface area contributed by atoms with Crippen molar-refractivity contribution >= 4 is 45.1 Å². The maximum absolute atomic E-state index is 14.1. The van der Waals surface area contributed by atoms with Crippen LogP contribution in [0.4, 0.5) is 5.69 Å². The van der Waals surface area contributed by atoms with E-state index in [1.54, 1.807) is 12.1 Å². The Morgan fingerprint density at radius 3 is 2.42 bits per heavy atom. The molecule has 3 aliphatic rings. The summed E-state index contributed by atoms with van der Waals surface area (Å²) in [5.74, 6) is -1.43. The van der Waals surface area contributed by atoms with Crippen LogP contribution < -0.4 is 4.90 Å². The Morgan fingerprint density at radius 2 is 1.61 bits per heavy atom. The fourth-order valence-electron chi connectivity index (χ4n) is 7.14. The van der Waals surface area contributed by atoms with Crippen molar-refractivity contribution in [2.24, 2.45) is 11.8 Å². The molecule has 5 heteroatoms. The zero-order chi connectivity index (χ0) is 26.1. The summed E-state index contributed by atoms with van der Waals surface area (Å²) < 4.78 is 6.63. The Bertz CT molecular complexity index is 1730. The van der Waals surface area contributed by atoms with Crippen LogP contribution in [0.15, 0.2) is 84.9 Å². The van der Waals surface area contributed by atoms with E-state index < -0.39 is 23.0 Å². The minimum absolute atomic E-state index is 0.197. The third-order valence-electron chi connectivity index (χ3n) is 8.86. The quantitative estimate of drug-likeness (QED) is 0.306. The summed E-state index contributed by atoms with van der Waals surface area (Å²) in [5.41, 5.74) is 0.823. The number of hydrogen-bond acceptors (Lipinski definition) is 4. The van der Waals surface area contributed by atoms with Crippen molar-refractivity contribution in [2.75, 3.05) is 4.90 Å². The molecule has 4 unspecified atom stereocenters. The highest BCUT2D eigenvalue weighted by molar-refractivity contribution is 6.26. The first-order chi connectivity index (χ1) is 18.5. The van der Waals surface area contributed by atoms with Crippen LogP contribution in [0.3, 0.4) is 0 Å². The lowest BCUT2D eigenvalue weighted by atomic mass is 9.67. The Morgan fingerprint density at radius 1 is 0.895 bits per heavy atom. The molecular weight excluding hydrogens is 472 g/mol. The molecule has 7 rings (SSSR count). The predicted octanol–water partition coefficient (Wildman–Crippen LogP) is 6.40. The summed E-state index contributed by atoms with van der Waals surface area (Å²) in [4.78, 5) is 29.4. The highest BCUT2D eigenvalue weighted by Crippen LogP contribution is 2.62. The van der Waals surface area contributed by atoms with Gasteiger partial charge in [0.25, 0.3) is 0 Å². The molecule has 5 nitrogen and oxygen atoms in total. The molecule has 4 atom stereocenters. The molecule has 3 fully saturated rings. The molecule has 0 N–H and O–H groups in total. The van der Waals surface area contributed by atoms with E-state index >= 15 is 0 Å². The standard InChI is InChI=1S/C33H26N2O3/c1-32-18-19-33(38-32,17-7-11-22-10-6-9-21-8-2-3-12-24(21)22)29-28(32)30(36)35(31(29)37)27-16-15-23(20-34)25-13-4-5-14-26(25)27/h2-16,28-29H,17-19H2,1H3/b11-7+. The zero-order valence-electron chi connectivity index (χ0n) is 21.1. The Kier molecular flexibility index (Phi) is 4.89. The number of nitriles is 1. The fraction of sp³-hybridized carbons (Fsp3) is 0.242. The van der Waals surface area contributed by atoms with Gasteiger partial charge in [-0.3, -0.25) is 9.59 Å². The van der Waals surface area contributed by atoms with E-state index in [4.69, 9.17) is 4.74 Å². The monoisotopic (exact) mass is 498 g/mol. The van der Waals surface area contributed by atoms with E-state index in [0.717, 1.165) is 29.2 Å². The molecule has 0 aromatic heterocycles. The second-order valence-corrected chi connectivity index (χ2v) is 10.9. The molecule has 0 aliphatic carbocycles. The second-order valence-electron chi connectivity index (χ2n) is 10.9. The van der Waals surface area contributed by atoms with Gasteiger partial charge in [-0.25, -0.2) is 4.90 Å². The number of carbonyl (C=O) groups excluding carboxylic acids is 2. The first kappa shape index (κ1) is 22.9. The minimum Gasteiger partial charge on any atom is -0.367 e. The van der Waals surface area contributed by atoms with Gasteiger partial charge in [0.1, 0.15) is 0 Å². The molecule has 186 valence electrons. The smallest absolute Gasteiger partial charge is 0.240 e. The zero-order valence-corrected chi connectivity index (χ0v) is 21.1. The number of imide groups is 1. The average molecular weight is 499 g/mol. The van der Waals surface area contributed by atoms with Crippen LogP contribution in [0.2, 0.25) is 0 Å². The number of anilines is 1. The van der Waals surface area contributed by atoms with Crippen molar-refractivity contribution in [3.05, 3.63) is 96.1 Å². The SMILES string of the molecule is CC12CCC(C/C=C/c3cccc4ccccc34)(O1)C1C(=O)N(c3ccc(C#N)c4ccccc34)C(=O)C12. The molecule has 3 heterocycles. The second kappa shape index (κ2) is 8.11. The molecule has 4 aromatic rings. The van der Waals surface area contributed by atoms with Crippen LogP contribution in [-0.2, 0) is 14.3 Å². The van der Waals surface area contributed by atoms with Gasteiger partial charge in [0, 0.05) is 10.8 Å². The normalized spacial score (nSPS) is 28.1. The van der Waals surface area contributed by atoms with Gasteiger partial charge in [0.05, 0.1) is 40.4 Å². The number of rotatable bonds is 4. The summed E-state index contributed by atoms with van der Waals surface area (Å²) in [6.07, 6.45) is 6.26. The summed E-state index contributed by atoms with van der Waals surface area (Å²) in [7, 11) is 0. The van der Waals surface area contributed by atoms with Gasteiger partial charge in [0.15, 0.2) is 0 Å². The van der Waals surface area contributed by atoms with Gasteiger partial charge in [-0.05, 0) is 54.7 Å². The summed E-state index contributed by atoms with van der Waals surface area (Å²) in [6, 6.07) is 27.6. The predicted molar refractivity (Wildman–Crippen MR) is 147 cm³/mol. The van der Waals surface area contributed by atoms with Gasteiger partial charge >= 0.3 is 0 Å². The number of amides is 2. The molecule has 2 bridgehead atoms. The first-order valence-electron chi connectivity index (χ1n) is 13.1. The number of fused-ring (bicyclic) bond motifs is 7. The van der Waals surface area contributed by atoms with Crippen LogP contribution in [0.1, 0.15) is 37.3 Å². The van der Waals surface area contributed by atoms with Crippen LogP contribution >= 0.6 is 0 Å². The van der Waals surface area contributed by atoms with Crippen molar-refractivity contribution in [1.82, 2.24) is 0 Å². The van der Waals surface area contributed by atoms with E-state index in [1.165, 1.54) is 15.7 Å². The van der Waals surface area contributed by atoms with Crippen molar-refractivity contribution in [3.63, 3.8) is 0 Å². The molecule has 38 heavy (non-hydrogen) atoms. The Balaban J connectivity index is 1.26. The molecular formula is C33H26N2O3. The first-order valence-corrected chi connectivity index (χ1v) is 13.1. The van der Waals surface area contributed by atoms with E-state index in [1.807, 2.05) is 49.4 Å². The van der Waals surface area contributed by atoms with Gasteiger partial charge in [-0.15, -0.1) is 0 Å². The van der Waals surface area contributed by atoms with E-state index in [0.29, 0.717) is 17.7 Å². The van der Waals surface area contributed by atoms with Gasteiger partial charge in [-0.2, -0.15) is 5.26 Å². The maximum atomic E-state index is 14.1. The lowest BCUT2D eigenvalue weighted by Gasteiger charge is -2.30. The number of nitrogens with zero attached hydrogens (tertiary/aromatic N) is 2. The van der Waals surface area contributed by atoms with Crippen molar-refractivity contribution in [2.45, 2.75) is 37.4 Å². The molecule has 3 aliphatic heterocycles. The number of benzene rings is 4. The van der Waals surface area contributed by atoms with Crippen LogP contribution in [0, 0.1) is 23.2 Å². The highest BCUT2D eigenvalue weighted by Gasteiger charge is 2.73. The van der Waals surface area contributed by atoms with E-state index in [9.17, 15) is 14.9 Å². The lowest BCUT2D eigenvalue weighted by Crippen LogP contribution is -2.41. The average Bonchev–Trinajstić information content (AvgIpc) is 3.52. The third kappa shape index (κ3) is 3.07. The number of carbonyl (C=O) groups is 2. The highest BCUT2D eigenvalue weighted by atomic mass is 16.5. The van der Waals surface area contributed by atoms with Gasteiger partial charge < -0.3 is 4.74 Å². The maximum Gasteiger partial charge on any atom is 0.240 e. The molecule has 4 aromatic carbocycles. The number of ether oxygens (including phenoxy) is 1. The molecule has 3 saturated heterocycles. The van der Waals surface area contributed by atoms with Crippen LogP contribution in [-0.4, -0.2) is 23.0 Å². The van der Waals surface area contributed by atoms with E-state index in [2.05, 4.69) is 42.5 Å². The van der Waals surface area contributed by atoms with Gasteiger partial charge in [-0.1, -0.05) is 78.9 Å². The molecule has 2 amide bonds. The Hall–Kier alpha value is -4.27. The van der Waals surface area contributed by atoms with Crippen LogP contribution in [0.5, 0.6) is 0 Å². The molecule has 0 saturated carbocycles. The van der Waals surface area contributed by atoms with Crippen molar-refractivity contribution < 1.29 is 14.3 Å². The molecule has 0 radical (unpaired) electrons.